The van der Waals surface area contributed by atoms with Gasteiger partial charge in [-0.1, -0.05) is 6.07 Å². The third-order valence-corrected chi connectivity index (χ3v) is 5.40. The van der Waals surface area contributed by atoms with Crippen molar-refractivity contribution in [1.82, 2.24) is 24.5 Å². The zero-order valence-corrected chi connectivity index (χ0v) is 17.2. The van der Waals surface area contributed by atoms with Gasteiger partial charge in [0.05, 0.1) is 5.56 Å². The lowest BCUT2D eigenvalue weighted by Crippen LogP contribution is -2.51. The summed E-state index contributed by atoms with van der Waals surface area (Å²) in [4.78, 5) is 28.7. The molecular formula is C21H21F3N6O2. The molecule has 3 heterocycles. The van der Waals surface area contributed by atoms with Crippen molar-refractivity contribution in [3.8, 4) is 5.82 Å². The molecule has 0 N–H and O–H groups in total. The van der Waals surface area contributed by atoms with E-state index in [9.17, 15) is 22.8 Å². The quantitative estimate of drug-likeness (QED) is 0.615. The Balaban J connectivity index is 1.45. The summed E-state index contributed by atoms with van der Waals surface area (Å²) in [6.07, 6.45) is -1.15. The predicted octanol–water partition coefficient (Wildman–Crippen LogP) is 2.36. The monoisotopic (exact) mass is 446 g/mol. The SMILES string of the molecule is CC(C(=O)N1CCN(c2cccc(C(F)(F)F)c2)CC1)n1nc(-n2cccn2)ccc1=O. The normalized spacial score (nSPS) is 15.6. The predicted molar refractivity (Wildman–Crippen MR) is 111 cm³/mol. The number of anilines is 1. The van der Waals surface area contributed by atoms with Gasteiger partial charge in [-0.15, -0.1) is 5.10 Å². The number of carbonyl (C=O) groups is 1. The molecule has 1 atom stereocenters. The van der Waals surface area contributed by atoms with Crippen molar-refractivity contribution < 1.29 is 18.0 Å². The molecule has 1 fully saturated rings. The average molecular weight is 446 g/mol. The number of amides is 1. The molecule has 1 amide bonds. The number of alkyl halides is 3. The van der Waals surface area contributed by atoms with Crippen LogP contribution >= 0.6 is 0 Å². The molecule has 0 saturated carbocycles. The summed E-state index contributed by atoms with van der Waals surface area (Å²) in [5.41, 5.74) is -0.654. The number of piperazine rings is 1. The Morgan fingerprint density at radius 1 is 1.06 bits per heavy atom. The summed E-state index contributed by atoms with van der Waals surface area (Å²) in [7, 11) is 0. The number of carbonyl (C=O) groups excluding carboxylic acids is 1. The van der Waals surface area contributed by atoms with Crippen LogP contribution in [0.4, 0.5) is 18.9 Å². The molecule has 0 radical (unpaired) electrons. The molecule has 0 aliphatic carbocycles. The van der Waals surface area contributed by atoms with Gasteiger partial charge in [0.1, 0.15) is 6.04 Å². The molecule has 1 saturated heterocycles. The Morgan fingerprint density at radius 3 is 2.47 bits per heavy atom. The highest BCUT2D eigenvalue weighted by Gasteiger charge is 2.32. The number of benzene rings is 1. The minimum atomic E-state index is -4.41. The molecule has 11 heteroatoms. The highest BCUT2D eigenvalue weighted by atomic mass is 19.4. The van der Waals surface area contributed by atoms with Crippen LogP contribution in [0.1, 0.15) is 18.5 Å². The maximum Gasteiger partial charge on any atom is 0.416 e. The molecule has 2 aromatic heterocycles. The summed E-state index contributed by atoms with van der Waals surface area (Å²) >= 11 is 0. The summed E-state index contributed by atoms with van der Waals surface area (Å²) < 4.78 is 41.6. The van der Waals surface area contributed by atoms with Crippen molar-refractivity contribution in [2.45, 2.75) is 19.1 Å². The van der Waals surface area contributed by atoms with Gasteiger partial charge in [0.15, 0.2) is 5.82 Å². The second-order valence-electron chi connectivity index (χ2n) is 7.46. The van der Waals surface area contributed by atoms with Crippen molar-refractivity contribution in [2.75, 3.05) is 31.1 Å². The Morgan fingerprint density at radius 2 is 1.81 bits per heavy atom. The lowest BCUT2D eigenvalue weighted by Gasteiger charge is -2.37. The fourth-order valence-electron chi connectivity index (χ4n) is 3.65. The second-order valence-corrected chi connectivity index (χ2v) is 7.46. The molecule has 1 aliphatic rings. The van der Waals surface area contributed by atoms with Crippen molar-refractivity contribution in [3.05, 3.63) is 70.8 Å². The van der Waals surface area contributed by atoms with Crippen molar-refractivity contribution >= 4 is 11.6 Å². The van der Waals surface area contributed by atoms with Crippen LogP contribution < -0.4 is 10.5 Å². The first-order valence-electron chi connectivity index (χ1n) is 10.0. The van der Waals surface area contributed by atoms with Crippen molar-refractivity contribution in [3.63, 3.8) is 0 Å². The average Bonchev–Trinajstić information content (AvgIpc) is 3.33. The van der Waals surface area contributed by atoms with E-state index in [0.717, 1.165) is 16.8 Å². The highest BCUT2D eigenvalue weighted by molar-refractivity contribution is 5.80. The van der Waals surface area contributed by atoms with Gasteiger partial charge in [0, 0.05) is 50.3 Å². The van der Waals surface area contributed by atoms with Crippen LogP contribution in [0.5, 0.6) is 0 Å². The second kappa shape index (κ2) is 8.48. The molecule has 8 nitrogen and oxygen atoms in total. The molecule has 32 heavy (non-hydrogen) atoms. The van der Waals surface area contributed by atoms with Crippen LogP contribution in [0.3, 0.4) is 0 Å². The maximum atomic E-state index is 13.0. The lowest BCUT2D eigenvalue weighted by atomic mass is 10.1. The molecular weight excluding hydrogens is 425 g/mol. The molecule has 1 aliphatic heterocycles. The van der Waals surface area contributed by atoms with Crippen molar-refractivity contribution in [2.24, 2.45) is 0 Å². The van der Waals surface area contributed by atoms with Gasteiger partial charge in [-0.05, 0) is 37.3 Å². The Kier molecular flexibility index (Phi) is 5.72. The third kappa shape index (κ3) is 4.36. The number of hydrogen-bond acceptors (Lipinski definition) is 5. The first-order valence-corrected chi connectivity index (χ1v) is 10.0. The fraction of sp³-hybridized carbons (Fsp3) is 0.333. The van der Waals surface area contributed by atoms with Crippen LogP contribution in [0.2, 0.25) is 0 Å². The van der Waals surface area contributed by atoms with Crippen LogP contribution in [-0.4, -0.2) is 56.5 Å². The van der Waals surface area contributed by atoms with E-state index in [1.807, 2.05) is 4.90 Å². The molecule has 4 rings (SSSR count). The molecule has 1 unspecified atom stereocenters. The topological polar surface area (TPSA) is 76.3 Å². The zero-order valence-electron chi connectivity index (χ0n) is 17.2. The van der Waals surface area contributed by atoms with E-state index < -0.39 is 23.3 Å². The van der Waals surface area contributed by atoms with Gasteiger partial charge < -0.3 is 9.80 Å². The Labute approximate surface area is 181 Å². The fourth-order valence-corrected chi connectivity index (χ4v) is 3.65. The van der Waals surface area contributed by atoms with Crippen molar-refractivity contribution in [1.29, 1.82) is 0 Å². The summed E-state index contributed by atoms with van der Waals surface area (Å²) in [5.74, 6) is 0.129. The minimum Gasteiger partial charge on any atom is -0.368 e. The number of hydrogen-bond donors (Lipinski definition) is 0. The molecule has 0 spiro atoms. The maximum absolute atomic E-state index is 13.0. The number of halogens is 3. The summed E-state index contributed by atoms with van der Waals surface area (Å²) in [6, 6.07) is 8.89. The smallest absolute Gasteiger partial charge is 0.368 e. The van der Waals surface area contributed by atoms with E-state index in [0.29, 0.717) is 37.7 Å². The third-order valence-electron chi connectivity index (χ3n) is 5.40. The van der Waals surface area contributed by atoms with Crippen LogP contribution in [0, 0.1) is 0 Å². The van der Waals surface area contributed by atoms with E-state index in [2.05, 4.69) is 10.2 Å². The van der Waals surface area contributed by atoms with Gasteiger partial charge in [0.25, 0.3) is 5.56 Å². The van der Waals surface area contributed by atoms with Crippen LogP contribution in [0.15, 0.2) is 59.7 Å². The van der Waals surface area contributed by atoms with E-state index in [-0.39, 0.29) is 5.91 Å². The van der Waals surface area contributed by atoms with Gasteiger partial charge in [-0.25, -0.2) is 9.36 Å². The van der Waals surface area contributed by atoms with Crippen LogP contribution in [-0.2, 0) is 11.0 Å². The first-order chi connectivity index (χ1) is 15.2. The highest BCUT2D eigenvalue weighted by Crippen LogP contribution is 2.32. The van der Waals surface area contributed by atoms with E-state index >= 15 is 0 Å². The minimum absolute atomic E-state index is 0.277. The Hall–Kier alpha value is -3.63. The lowest BCUT2D eigenvalue weighted by molar-refractivity contribution is -0.137. The summed E-state index contributed by atoms with van der Waals surface area (Å²) in [6.45, 7) is 3.02. The van der Waals surface area contributed by atoms with E-state index in [4.69, 9.17) is 0 Å². The first kappa shape index (κ1) is 21.6. The molecule has 0 bridgehead atoms. The number of rotatable bonds is 4. The Bertz CT molecular complexity index is 1150. The zero-order chi connectivity index (χ0) is 22.9. The van der Waals surface area contributed by atoms with E-state index in [1.165, 1.54) is 22.9 Å². The van der Waals surface area contributed by atoms with Gasteiger partial charge in [-0.3, -0.25) is 9.59 Å². The number of aromatic nitrogens is 4. The van der Waals surface area contributed by atoms with Gasteiger partial charge >= 0.3 is 6.18 Å². The standard InChI is InChI=1S/C21H21F3N6O2/c1-15(30-19(31)7-6-18(26-30)29-9-3-8-25-29)20(32)28-12-10-27(11-13-28)17-5-2-4-16(14-17)21(22,23)24/h2-9,14-15H,10-13H2,1H3. The molecule has 1 aromatic carbocycles. The van der Waals surface area contributed by atoms with Gasteiger partial charge in [0.2, 0.25) is 5.91 Å². The molecule has 168 valence electrons. The van der Waals surface area contributed by atoms with E-state index in [1.54, 1.807) is 36.4 Å². The largest absolute Gasteiger partial charge is 0.416 e. The van der Waals surface area contributed by atoms with Crippen LogP contribution in [0.25, 0.3) is 5.82 Å². The molecule has 3 aromatic rings. The summed E-state index contributed by atoms with van der Waals surface area (Å²) in [5, 5.41) is 8.34. The van der Waals surface area contributed by atoms with Gasteiger partial charge in [-0.2, -0.15) is 18.3 Å². The number of nitrogens with zero attached hydrogens (tertiary/aromatic N) is 6.